The molecule has 17 heavy (non-hydrogen) atoms. The van der Waals surface area contributed by atoms with Gasteiger partial charge in [-0.25, -0.2) is 0 Å². The van der Waals surface area contributed by atoms with Crippen LogP contribution in [-0.4, -0.2) is 29.0 Å². The molecule has 0 spiro atoms. The molecular formula is C14H23N3. The van der Waals surface area contributed by atoms with Gasteiger partial charge >= 0.3 is 0 Å². The molecule has 1 heterocycles. The second kappa shape index (κ2) is 6.12. The van der Waals surface area contributed by atoms with Gasteiger partial charge in [0.25, 0.3) is 0 Å². The molecular weight excluding hydrogens is 210 g/mol. The summed E-state index contributed by atoms with van der Waals surface area (Å²) < 4.78 is 0. The lowest BCUT2D eigenvalue weighted by atomic mass is 10.0. The summed E-state index contributed by atoms with van der Waals surface area (Å²) in [5, 5.41) is 0. The van der Waals surface area contributed by atoms with E-state index in [1.807, 2.05) is 18.5 Å². The van der Waals surface area contributed by atoms with Crippen molar-refractivity contribution in [3.8, 4) is 0 Å². The fourth-order valence-corrected chi connectivity index (χ4v) is 2.96. The third-order valence-corrected chi connectivity index (χ3v) is 3.91. The second-order valence-corrected chi connectivity index (χ2v) is 4.92. The van der Waals surface area contributed by atoms with Gasteiger partial charge in [0.05, 0.1) is 0 Å². The highest BCUT2D eigenvalue weighted by Gasteiger charge is 2.30. The van der Waals surface area contributed by atoms with Gasteiger partial charge in [0.2, 0.25) is 0 Å². The Hall–Kier alpha value is -0.930. The first-order valence-electron chi connectivity index (χ1n) is 6.68. The summed E-state index contributed by atoms with van der Waals surface area (Å²) >= 11 is 0. The number of pyridine rings is 1. The molecule has 2 atom stereocenters. The Morgan fingerprint density at radius 2 is 2.35 bits per heavy atom. The molecule has 0 aliphatic heterocycles. The molecule has 1 aliphatic rings. The van der Waals surface area contributed by atoms with E-state index in [-0.39, 0.29) is 0 Å². The molecule has 0 radical (unpaired) electrons. The lowest BCUT2D eigenvalue weighted by molar-refractivity contribution is 0.162. The summed E-state index contributed by atoms with van der Waals surface area (Å²) in [6.07, 6.45) is 7.73. The van der Waals surface area contributed by atoms with Gasteiger partial charge in [-0.3, -0.25) is 9.88 Å². The number of rotatable bonds is 5. The molecule has 1 saturated carbocycles. The molecule has 0 amide bonds. The molecule has 2 N–H and O–H groups in total. The van der Waals surface area contributed by atoms with Crippen molar-refractivity contribution in [2.45, 2.75) is 38.8 Å². The van der Waals surface area contributed by atoms with Crippen LogP contribution in [0, 0.1) is 5.92 Å². The van der Waals surface area contributed by atoms with Gasteiger partial charge in [0, 0.05) is 25.0 Å². The molecule has 0 saturated heterocycles. The zero-order valence-electron chi connectivity index (χ0n) is 10.7. The van der Waals surface area contributed by atoms with Crippen LogP contribution in [-0.2, 0) is 6.54 Å². The van der Waals surface area contributed by atoms with Crippen LogP contribution in [0.2, 0.25) is 0 Å². The quantitative estimate of drug-likeness (QED) is 0.846. The molecule has 94 valence electrons. The standard InChI is InChI=1S/C14H23N3/c1-2-17(11-12-5-4-8-16-10-12)14-7-3-6-13(14)9-15/h4-5,8,10,13-14H,2-3,6-7,9,11,15H2,1H3. The van der Waals surface area contributed by atoms with E-state index in [2.05, 4.69) is 22.9 Å². The Morgan fingerprint density at radius 1 is 1.47 bits per heavy atom. The molecule has 0 aromatic carbocycles. The van der Waals surface area contributed by atoms with Gasteiger partial charge in [-0.05, 0) is 43.5 Å². The number of hydrogen-bond donors (Lipinski definition) is 1. The maximum Gasteiger partial charge on any atom is 0.0312 e. The number of nitrogens with two attached hydrogens (primary N) is 1. The van der Waals surface area contributed by atoms with Crippen molar-refractivity contribution in [2.75, 3.05) is 13.1 Å². The summed E-state index contributed by atoms with van der Waals surface area (Å²) in [6, 6.07) is 4.84. The lowest BCUT2D eigenvalue weighted by Crippen LogP contribution is -2.39. The molecule has 1 fully saturated rings. The summed E-state index contributed by atoms with van der Waals surface area (Å²) in [5.74, 6) is 0.687. The topological polar surface area (TPSA) is 42.2 Å². The molecule has 1 aromatic heterocycles. The molecule has 3 nitrogen and oxygen atoms in total. The molecule has 0 bridgehead atoms. The van der Waals surface area contributed by atoms with Crippen molar-refractivity contribution in [1.29, 1.82) is 0 Å². The zero-order chi connectivity index (χ0) is 12.1. The van der Waals surface area contributed by atoms with Gasteiger partial charge in [-0.2, -0.15) is 0 Å². The van der Waals surface area contributed by atoms with Crippen molar-refractivity contribution >= 4 is 0 Å². The van der Waals surface area contributed by atoms with Crippen molar-refractivity contribution in [3.63, 3.8) is 0 Å². The van der Waals surface area contributed by atoms with E-state index < -0.39 is 0 Å². The third-order valence-electron chi connectivity index (χ3n) is 3.91. The number of hydrogen-bond acceptors (Lipinski definition) is 3. The zero-order valence-corrected chi connectivity index (χ0v) is 10.7. The van der Waals surface area contributed by atoms with Crippen molar-refractivity contribution < 1.29 is 0 Å². The normalized spacial score (nSPS) is 24.4. The first kappa shape index (κ1) is 12.5. The second-order valence-electron chi connectivity index (χ2n) is 4.92. The number of aromatic nitrogens is 1. The predicted octanol–water partition coefficient (Wildman–Crippen LogP) is 2.03. The Bertz CT molecular complexity index is 325. The Balaban J connectivity index is 2.01. The Morgan fingerprint density at radius 3 is 3.00 bits per heavy atom. The fraction of sp³-hybridized carbons (Fsp3) is 0.643. The van der Waals surface area contributed by atoms with E-state index in [9.17, 15) is 0 Å². The van der Waals surface area contributed by atoms with Gasteiger partial charge in [-0.15, -0.1) is 0 Å². The van der Waals surface area contributed by atoms with E-state index >= 15 is 0 Å². The van der Waals surface area contributed by atoms with Crippen molar-refractivity contribution in [2.24, 2.45) is 11.7 Å². The fourth-order valence-electron chi connectivity index (χ4n) is 2.96. The maximum atomic E-state index is 5.87. The summed E-state index contributed by atoms with van der Waals surface area (Å²) in [7, 11) is 0. The molecule has 2 unspecified atom stereocenters. The first-order valence-corrected chi connectivity index (χ1v) is 6.68. The summed E-state index contributed by atoms with van der Waals surface area (Å²) in [6.45, 7) is 5.16. The molecule has 1 aliphatic carbocycles. The number of nitrogens with zero attached hydrogens (tertiary/aromatic N) is 2. The van der Waals surface area contributed by atoms with Crippen LogP contribution in [0.1, 0.15) is 31.7 Å². The minimum atomic E-state index is 0.671. The van der Waals surface area contributed by atoms with Crippen molar-refractivity contribution in [1.82, 2.24) is 9.88 Å². The van der Waals surface area contributed by atoms with E-state index in [1.165, 1.54) is 24.8 Å². The van der Waals surface area contributed by atoms with Gasteiger partial charge in [0.1, 0.15) is 0 Å². The van der Waals surface area contributed by atoms with Crippen LogP contribution in [0.4, 0.5) is 0 Å². The maximum absolute atomic E-state index is 5.87. The predicted molar refractivity (Wildman–Crippen MR) is 70.5 cm³/mol. The van der Waals surface area contributed by atoms with Crippen LogP contribution in [0.5, 0.6) is 0 Å². The lowest BCUT2D eigenvalue weighted by Gasteiger charge is -2.31. The van der Waals surface area contributed by atoms with Crippen LogP contribution in [0.25, 0.3) is 0 Å². The average molecular weight is 233 g/mol. The van der Waals surface area contributed by atoms with Gasteiger partial charge in [-0.1, -0.05) is 19.4 Å². The Labute approximate surface area is 104 Å². The minimum absolute atomic E-state index is 0.671. The highest BCUT2D eigenvalue weighted by Crippen LogP contribution is 2.29. The van der Waals surface area contributed by atoms with Crippen LogP contribution >= 0.6 is 0 Å². The van der Waals surface area contributed by atoms with E-state index in [0.29, 0.717) is 12.0 Å². The largest absolute Gasteiger partial charge is 0.330 e. The molecule has 1 aromatic rings. The van der Waals surface area contributed by atoms with Gasteiger partial charge in [0.15, 0.2) is 0 Å². The van der Waals surface area contributed by atoms with Gasteiger partial charge < -0.3 is 5.73 Å². The van der Waals surface area contributed by atoms with Crippen molar-refractivity contribution in [3.05, 3.63) is 30.1 Å². The third kappa shape index (κ3) is 3.05. The smallest absolute Gasteiger partial charge is 0.0312 e. The van der Waals surface area contributed by atoms with Crippen LogP contribution in [0.15, 0.2) is 24.5 Å². The highest BCUT2D eigenvalue weighted by atomic mass is 15.2. The summed E-state index contributed by atoms with van der Waals surface area (Å²) in [5.41, 5.74) is 7.17. The minimum Gasteiger partial charge on any atom is -0.330 e. The summed E-state index contributed by atoms with van der Waals surface area (Å²) in [4.78, 5) is 6.74. The SMILES string of the molecule is CCN(Cc1cccnc1)C1CCCC1CN. The monoisotopic (exact) mass is 233 g/mol. The van der Waals surface area contributed by atoms with E-state index in [0.717, 1.165) is 19.6 Å². The van der Waals surface area contributed by atoms with Crippen LogP contribution in [0.3, 0.4) is 0 Å². The molecule has 3 heteroatoms. The average Bonchev–Trinajstić information content (AvgIpc) is 2.85. The first-order chi connectivity index (χ1) is 8.35. The van der Waals surface area contributed by atoms with Crippen LogP contribution < -0.4 is 5.73 Å². The van der Waals surface area contributed by atoms with E-state index in [1.54, 1.807) is 0 Å². The Kier molecular flexibility index (Phi) is 4.51. The molecule has 2 rings (SSSR count). The van der Waals surface area contributed by atoms with E-state index in [4.69, 9.17) is 5.73 Å². The highest BCUT2D eigenvalue weighted by molar-refractivity contribution is 5.08.